The zero-order valence-electron chi connectivity index (χ0n) is 13.1. The van der Waals surface area contributed by atoms with Crippen LogP contribution in [0.25, 0.3) is 0 Å². The molecule has 1 atom stereocenters. The van der Waals surface area contributed by atoms with Gasteiger partial charge in [0.1, 0.15) is 0 Å². The summed E-state index contributed by atoms with van der Waals surface area (Å²) in [5, 5.41) is 2.97. The predicted molar refractivity (Wildman–Crippen MR) is 90.0 cm³/mol. The van der Waals surface area contributed by atoms with E-state index in [-0.39, 0.29) is 11.9 Å². The van der Waals surface area contributed by atoms with Crippen molar-refractivity contribution in [1.29, 1.82) is 0 Å². The second kappa shape index (κ2) is 7.56. The fourth-order valence-corrected chi connectivity index (χ4v) is 2.44. The van der Waals surface area contributed by atoms with Crippen molar-refractivity contribution in [2.24, 2.45) is 11.5 Å². The maximum absolute atomic E-state index is 12.5. The van der Waals surface area contributed by atoms with Crippen LogP contribution < -0.4 is 16.8 Å². The maximum Gasteiger partial charge on any atom is 0.251 e. The standard InChI is InChI=1S/C18H21N3O2/c1-12-7-8-14(11-15(12)17(20)22)18(23)21-16(9-10-19)13-5-3-2-4-6-13/h2-8,11,16H,9-10,19H2,1H3,(H2,20,22)(H,21,23)/t16-/m0/s1. The summed E-state index contributed by atoms with van der Waals surface area (Å²) in [5.41, 5.74) is 13.5. The van der Waals surface area contributed by atoms with Gasteiger partial charge in [0.2, 0.25) is 5.91 Å². The quantitative estimate of drug-likeness (QED) is 0.760. The van der Waals surface area contributed by atoms with Gasteiger partial charge in [-0.25, -0.2) is 0 Å². The minimum Gasteiger partial charge on any atom is -0.366 e. The summed E-state index contributed by atoms with van der Waals surface area (Å²) in [6.07, 6.45) is 0.629. The Morgan fingerprint density at radius 1 is 1.13 bits per heavy atom. The third kappa shape index (κ3) is 4.17. The minimum atomic E-state index is -0.543. The summed E-state index contributed by atoms with van der Waals surface area (Å²) in [7, 11) is 0. The van der Waals surface area contributed by atoms with Gasteiger partial charge in [-0.2, -0.15) is 0 Å². The normalized spacial score (nSPS) is 11.7. The van der Waals surface area contributed by atoms with Gasteiger partial charge in [-0.15, -0.1) is 0 Å². The van der Waals surface area contributed by atoms with Crippen LogP contribution in [0.15, 0.2) is 48.5 Å². The van der Waals surface area contributed by atoms with Crippen molar-refractivity contribution in [2.75, 3.05) is 6.54 Å². The molecule has 5 N–H and O–H groups in total. The summed E-state index contributed by atoms with van der Waals surface area (Å²) < 4.78 is 0. The molecular formula is C18H21N3O2. The lowest BCUT2D eigenvalue weighted by atomic mass is 10.0. The van der Waals surface area contributed by atoms with E-state index in [1.807, 2.05) is 30.3 Å². The molecule has 0 radical (unpaired) electrons. The first kappa shape index (κ1) is 16.7. The molecule has 0 aromatic heterocycles. The molecule has 23 heavy (non-hydrogen) atoms. The van der Waals surface area contributed by atoms with E-state index in [9.17, 15) is 9.59 Å². The van der Waals surface area contributed by atoms with E-state index in [1.165, 1.54) is 6.07 Å². The predicted octanol–water partition coefficient (Wildman–Crippen LogP) is 1.91. The molecule has 0 aliphatic heterocycles. The lowest BCUT2D eigenvalue weighted by molar-refractivity contribution is 0.0935. The zero-order valence-corrected chi connectivity index (χ0v) is 13.1. The Morgan fingerprint density at radius 3 is 2.43 bits per heavy atom. The smallest absolute Gasteiger partial charge is 0.251 e. The first-order valence-electron chi connectivity index (χ1n) is 7.49. The number of rotatable bonds is 6. The van der Waals surface area contributed by atoms with Gasteiger partial charge in [0, 0.05) is 11.1 Å². The summed E-state index contributed by atoms with van der Waals surface area (Å²) in [6.45, 7) is 2.24. The Labute approximate surface area is 135 Å². The number of aryl methyl sites for hydroxylation is 1. The average Bonchev–Trinajstić information content (AvgIpc) is 2.55. The lowest BCUT2D eigenvalue weighted by Crippen LogP contribution is -2.30. The lowest BCUT2D eigenvalue weighted by Gasteiger charge is -2.19. The van der Waals surface area contributed by atoms with E-state index >= 15 is 0 Å². The Hall–Kier alpha value is -2.66. The van der Waals surface area contributed by atoms with Crippen molar-refractivity contribution >= 4 is 11.8 Å². The maximum atomic E-state index is 12.5. The SMILES string of the molecule is Cc1ccc(C(=O)N[C@@H](CCN)c2ccccc2)cc1C(N)=O. The number of carbonyl (C=O) groups is 2. The van der Waals surface area contributed by atoms with Crippen molar-refractivity contribution in [2.45, 2.75) is 19.4 Å². The van der Waals surface area contributed by atoms with E-state index in [1.54, 1.807) is 19.1 Å². The van der Waals surface area contributed by atoms with Gasteiger partial charge >= 0.3 is 0 Å². The minimum absolute atomic E-state index is 0.174. The third-order valence-electron chi connectivity index (χ3n) is 3.73. The number of benzene rings is 2. The second-order valence-electron chi connectivity index (χ2n) is 5.41. The molecule has 0 saturated carbocycles. The number of primary amides is 1. The van der Waals surface area contributed by atoms with Gasteiger partial charge in [0.25, 0.3) is 5.91 Å². The van der Waals surface area contributed by atoms with Crippen LogP contribution in [0.5, 0.6) is 0 Å². The molecule has 0 aliphatic carbocycles. The van der Waals surface area contributed by atoms with Crippen LogP contribution >= 0.6 is 0 Å². The summed E-state index contributed by atoms with van der Waals surface area (Å²) in [4.78, 5) is 23.9. The van der Waals surface area contributed by atoms with Crippen molar-refractivity contribution in [1.82, 2.24) is 5.32 Å². The number of nitrogens with two attached hydrogens (primary N) is 2. The second-order valence-corrected chi connectivity index (χ2v) is 5.41. The van der Waals surface area contributed by atoms with Crippen molar-refractivity contribution in [3.05, 3.63) is 70.8 Å². The number of hydrogen-bond donors (Lipinski definition) is 3. The highest BCUT2D eigenvalue weighted by molar-refractivity contribution is 6.00. The first-order valence-corrected chi connectivity index (χ1v) is 7.49. The molecule has 5 heteroatoms. The number of hydrogen-bond acceptors (Lipinski definition) is 3. The molecule has 0 spiro atoms. The van der Waals surface area contributed by atoms with Crippen LogP contribution in [0.2, 0.25) is 0 Å². The van der Waals surface area contributed by atoms with Gasteiger partial charge < -0.3 is 16.8 Å². The Morgan fingerprint density at radius 2 is 1.83 bits per heavy atom. The van der Waals surface area contributed by atoms with Crippen LogP contribution in [-0.2, 0) is 0 Å². The third-order valence-corrected chi connectivity index (χ3v) is 3.73. The van der Waals surface area contributed by atoms with Crippen molar-refractivity contribution < 1.29 is 9.59 Å². The number of nitrogens with one attached hydrogen (secondary N) is 1. The highest BCUT2D eigenvalue weighted by Crippen LogP contribution is 2.17. The van der Waals surface area contributed by atoms with Crippen molar-refractivity contribution in [3.63, 3.8) is 0 Å². The van der Waals surface area contributed by atoms with E-state index in [0.29, 0.717) is 24.1 Å². The van der Waals surface area contributed by atoms with Gasteiger partial charge in [0.05, 0.1) is 6.04 Å². The summed E-state index contributed by atoms with van der Waals surface area (Å²) in [5.74, 6) is -0.798. The first-order chi connectivity index (χ1) is 11.0. The van der Waals surface area contributed by atoms with Gasteiger partial charge in [-0.1, -0.05) is 36.4 Å². The summed E-state index contributed by atoms with van der Waals surface area (Å²) >= 11 is 0. The Bertz CT molecular complexity index is 699. The van der Waals surface area contributed by atoms with Gasteiger partial charge in [0.15, 0.2) is 0 Å². The largest absolute Gasteiger partial charge is 0.366 e. The summed E-state index contributed by atoms with van der Waals surface area (Å²) in [6, 6.07) is 14.4. The fraction of sp³-hybridized carbons (Fsp3) is 0.222. The van der Waals surface area contributed by atoms with Crippen LogP contribution in [0.4, 0.5) is 0 Å². The molecule has 120 valence electrons. The van der Waals surface area contributed by atoms with E-state index in [2.05, 4.69) is 5.32 Å². The molecule has 0 unspecified atom stereocenters. The molecule has 2 aromatic carbocycles. The van der Waals surface area contributed by atoms with Gasteiger partial charge in [-0.05, 0) is 43.1 Å². The van der Waals surface area contributed by atoms with E-state index < -0.39 is 5.91 Å². The number of amides is 2. The van der Waals surface area contributed by atoms with E-state index in [4.69, 9.17) is 11.5 Å². The number of carbonyl (C=O) groups excluding carboxylic acids is 2. The average molecular weight is 311 g/mol. The molecule has 0 aliphatic rings. The molecule has 2 aromatic rings. The van der Waals surface area contributed by atoms with Crippen LogP contribution in [0.3, 0.4) is 0 Å². The molecule has 0 fully saturated rings. The van der Waals surface area contributed by atoms with Gasteiger partial charge in [-0.3, -0.25) is 9.59 Å². The zero-order chi connectivity index (χ0) is 16.8. The Balaban J connectivity index is 2.22. The molecule has 2 amide bonds. The van der Waals surface area contributed by atoms with Crippen LogP contribution in [-0.4, -0.2) is 18.4 Å². The molecule has 2 rings (SSSR count). The fourth-order valence-electron chi connectivity index (χ4n) is 2.44. The van der Waals surface area contributed by atoms with Crippen LogP contribution in [0, 0.1) is 6.92 Å². The Kier molecular flexibility index (Phi) is 5.49. The molecular weight excluding hydrogens is 290 g/mol. The monoisotopic (exact) mass is 311 g/mol. The highest BCUT2D eigenvalue weighted by Gasteiger charge is 2.16. The molecule has 0 heterocycles. The molecule has 0 bridgehead atoms. The molecule has 5 nitrogen and oxygen atoms in total. The highest BCUT2D eigenvalue weighted by atomic mass is 16.2. The van der Waals surface area contributed by atoms with E-state index in [0.717, 1.165) is 11.1 Å². The topological polar surface area (TPSA) is 98.2 Å². The van der Waals surface area contributed by atoms with Crippen molar-refractivity contribution in [3.8, 4) is 0 Å². The van der Waals surface area contributed by atoms with Crippen LogP contribution in [0.1, 0.15) is 44.3 Å². The molecule has 0 saturated heterocycles.